The van der Waals surface area contributed by atoms with Crippen molar-refractivity contribution in [1.82, 2.24) is 9.80 Å². The van der Waals surface area contributed by atoms with E-state index in [2.05, 4.69) is 34.1 Å². The lowest BCUT2D eigenvalue weighted by molar-refractivity contribution is 0.206. The van der Waals surface area contributed by atoms with Crippen molar-refractivity contribution < 1.29 is 4.74 Å². The Morgan fingerprint density at radius 2 is 1.66 bits per heavy atom. The van der Waals surface area contributed by atoms with Gasteiger partial charge in [-0.2, -0.15) is 0 Å². The maximum Gasteiger partial charge on any atom is 0.197 e. The molecule has 0 unspecified atom stereocenters. The number of ether oxygens (including phenoxy) is 1. The molecule has 5 rings (SSSR count). The zero-order valence-corrected chi connectivity index (χ0v) is 20.2. The first kappa shape index (κ1) is 22.1. The standard InChI is InChI=1S/C28H43N3O/c1-32-26-16-14-23(15-17-26)19-25-21-31-27(24-12-6-3-7-13-24)20-29-28(31)30(25)18-8-11-22-9-4-2-5-10-22/h14-17,22,24-25,27H,2-13,18-21H2,1H3/t25-,27-/m0/s1. The summed E-state index contributed by atoms with van der Waals surface area (Å²) >= 11 is 0. The van der Waals surface area contributed by atoms with Crippen molar-refractivity contribution in [3.8, 4) is 5.75 Å². The summed E-state index contributed by atoms with van der Waals surface area (Å²) in [6.07, 6.45) is 18.2. The van der Waals surface area contributed by atoms with Crippen molar-refractivity contribution in [2.24, 2.45) is 16.8 Å². The van der Waals surface area contributed by atoms with Gasteiger partial charge in [-0.05, 0) is 61.6 Å². The Labute approximate surface area is 195 Å². The zero-order valence-electron chi connectivity index (χ0n) is 20.2. The number of hydrogen-bond donors (Lipinski definition) is 0. The van der Waals surface area contributed by atoms with Crippen molar-refractivity contribution in [3.63, 3.8) is 0 Å². The summed E-state index contributed by atoms with van der Waals surface area (Å²) in [6.45, 7) is 3.38. The lowest BCUT2D eigenvalue weighted by Gasteiger charge is -2.33. The molecule has 2 atom stereocenters. The molecule has 0 amide bonds. The molecule has 0 N–H and O–H groups in total. The van der Waals surface area contributed by atoms with E-state index < -0.39 is 0 Å². The van der Waals surface area contributed by atoms with Crippen LogP contribution in [0.15, 0.2) is 29.3 Å². The average Bonchev–Trinajstić information content (AvgIpc) is 3.40. The van der Waals surface area contributed by atoms with E-state index in [1.165, 1.54) is 95.1 Å². The maximum atomic E-state index is 5.38. The molecule has 176 valence electrons. The fourth-order valence-electron chi connectivity index (χ4n) is 6.91. The van der Waals surface area contributed by atoms with Gasteiger partial charge >= 0.3 is 0 Å². The van der Waals surface area contributed by atoms with Crippen molar-refractivity contribution in [3.05, 3.63) is 29.8 Å². The number of hydrogen-bond acceptors (Lipinski definition) is 4. The minimum absolute atomic E-state index is 0.555. The molecule has 4 heteroatoms. The summed E-state index contributed by atoms with van der Waals surface area (Å²) < 4.78 is 5.38. The Kier molecular flexibility index (Phi) is 7.24. The molecule has 1 aromatic rings. The molecule has 0 aromatic heterocycles. The summed E-state index contributed by atoms with van der Waals surface area (Å²) in [4.78, 5) is 10.6. The molecule has 4 nitrogen and oxygen atoms in total. The molecule has 3 fully saturated rings. The van der Waals surface area contributed by atoms with Crippen LogP contribution in [0.2, 0.25) is 0 Å². The van der Waals surface area contributed by atoms with Crippen LogP contribution in [0.25, 0.3) is 0 Å². The van der Waals surface area contributed by atoms with Crippen LogP contribution >= 0.6 is 0 Å². The SMILES string of the molecule is COc1ccc(C[C@H]2CN3C(=NC[C@H]3C3CCCCC3)N2CCCC2CCCCC2)cc1. The Bertz CT molecular complexity index is 748. The Morgan fingerprint density at radius 3 is 2.38 bits per heavy atom. The predicted molar refractivity (Wildman–Crippen MR) is 132 cm³/mol. The molecule has 1 saturated heterocycles. The number of rotatable bonds is 8. The molecule has 2 saturated carbocycles. The van der Waals surface area contributed by atoms with Gasteiger partial charge in [0.05, 0.1) is 25.7 Å². The van der Waals surface area contributed by atoms with Gasteiger partial charge in [0.25, 0.3) is 0 Å². The molecule has 0 radical (unpaired) electrons. The Hall–Kier alpha value is -1.71. The Morgan fingerprint density at radius 1 is 0.938 bits per heavy atom. The number of aliphatic imine (C=N–C) groups is 1. The molecule has 1 aromatic carbocycles. The van der Waals surface area contributed by atoms with Gasteiger partial charge in [0, 0.05) is 13.1 Å². The van der Waals surface area contributed by atoms with Gasteiger partial charge < -0.3 is 14.5 Å². The fraction of sp³-hybridized carbons (Fsp3) is 0.750. The second-order valence-corrected chi connectivity index (χ2v) is 10.8. The smallest absolute Gasteiger partial charge is 0.197 e. The molecule has 0 spiro atoms. The lowest BCUT2D eigenvalue weighted by Crippen LogP contribution is -2.41. The Balaban J connectivity index is 1.26. The van der Waals surface area contributed by atoms with Crippen molar-refractivity contribution in [2.45, 2.75) is 95.6 Å². The van der Waals surface area contributed by atoms with Gasteiger partial charge in [0.15, 0.2) is 5.96 Å². The summed E-state index contributed by atoms with van der Waals surface area (Å²) in [5, 5.41) is 0. The first-order chi connectivity index (χ1) is 15.8. The molecule has 4 aliphatic rings. The van der Waals surface area contributed by atoms with E-state index in [1.54, 1.807) is 7.11 Å². The van der Waals surface area contributed by atoms with Gasteiger partial charge in [0.2, 0.25) is 0 Å². The van der Waals surface area contributed by atoms with E-state index in [9.17, 15) is 0 Å². The van der Waals surface area contributed by atoms with Gasteiger partial charge in [-0.15, -0.1) is 0 Å². The van der Waals surface area contributed by atoms with Crippen LogP contribution in [-0.4, -0.2) is 54.6 Å². The maximum absolute atomic E-state index is 5.38. The second kappa shape index (κ2) is 10.5. The molecule has 0 bridgehead atoms. The molecule has 2 heterocycles. The second-order valence-electron chi connectivity index (χ2n) is 10.8. The molecular formula is C28H43N3O. The highest BCUT2D eigenvalue weighted by atomic mass is 16.5. The van der Waals surface area contributed by atoms with Crippen molar-refractivity contribution in [1.29, 1.82) is 0 Å². The van der Waals surface area contributed by atoms with Gasteiger partial charge in [-0.25, -0.2) is 0 Å². The van der Waals surface area contributed by atoms with Gasteiger partial charge in [-0.1, -0.05) is 63.5 Å². The van der Waals surface area contributed by atoms with E-state index in [0.717, 1.165) is 37.1 Å². The third-order valence-electron chi connectivity index (χ3n) is 8.74. The van der Waals surface area contributed by atoms with Gasteiger partial charge in [-0.3, -0.25) is 4.99 Å². The van der Waals surface area contributed by atoms with Crippen LogP contribution in [0.4, 0.5) is 0 Å². The minimum Gasteiger partial charge on any atom is -0.497 e. The van der Waals surface area contributed by atoms with E-state index in [4.69, 9.17) is 9.73 Å². The highest BCUT2D eigenvalue weighted by Crippen LogP contribution is 2.36. The number of guanidine groups is 1. The van der Waals surface area contributed by atoms with E-state index >= 15 is 0 Å². The minimum atomic E-state index is 0.555. The van der Waals surface area contributed by atoms with E-state index in [-0.39, 0.29) is 0 Å². The number of fused-ring (bicyclic) bond motifs is 1. The average molecular weight is 438 g/mol. The molecule has 2 aliphatic carbocycles. The lowest BCUT2D eigenvalue weighted by atomic mass is 9.83. The number of benzene rings is 1. The molecule has 2 aliphatic heterocycles. The topological polar surface area (TPSA) is 28.1 Å². The third kappa shape index (κ3) is 4.94. The summed E-state index contributed by atoms with van der Waals surface area (Å²) in [6, 6.07) is 9.95. The van der Waals surface area contributed by atoms with Crippen LogP contribution in [-0.2, 0) is 6.42 Å². The summed E-state index contributed by atoms with van der Waals surface area (Å²) in [7, 11) is 1.75. The van der Waals surface area contributed by atoms with Crippen LogP contribution in [0.1, 0.15) is 82.6 Å². The predicted octanol–water partition coefficient (Wildman–Crippen LogP) is 5.90. The highest BCUT2D eigenvalue weighted by Gasteiger charge is 2.44. The first-order valence-corrected chi connectivity index (χ1v) is 13.5. The van der Waals surface area contributed by atoms with E-state index in [0.29, 0.717) is 12.1 Å². The summed E-state index contributed by atoms with van der Waals surface area (Å²) in [5.41, 5.74) is 1.42. The fourth-order valence-corrected chi connectivity index (χ4v) is 6.91. The highest BCUT2D eigenvalue weighted by molar-refractivity contribution is 5.84. The van der Waals surface area contributed by atoms with Gasteiger partial charge in [0.1, 0.15) is 5.75 Å². The van der Waals surface area contributed by atoms with Crippen LogP contribution < -0.4 is 4.74 Å². The third-order valence-corrected chi connectivity index (χ3v) is 8.74. The quantitative estimate of drug-likeness (QED) is 0.507. The first-order valence-electron chi connectivity index (χ1n) is 13.5. The molecular weight excluding hydrogens is 394 g/mol. The zero-order chi connectivity index (χ0) is 21.8. The van der Waals surface area contributed by atoms with E-state index in [1.807, 2.05) is 0 Å². The monoisotopic (exact) mass is 437 g/mol. The van der Waals surface area contributed by atoms with Crippen molar-refractivity contribution in [2.75, 3.05) is 26.7 Å². The van der Waals surface area contributed by atoms with Crippen LogP contribution in [0, 0.1) is 11.8 Å². The normalized spacial score (nSPS) is 27.0. The largest absolute Gasteiger partial charge is 0.497 e. The molecule has 32 heavy (non-hydrogen) atoms. The number of methoxy groups -OCH3 is 1. The number of nitrogens with zero attached hydrogens (tertiary/aromatic N) is 3. The van der Waals surface area contributed by atoms with Crippen LogP contribution in [0.3, 0.4) is 0 Å². The summed E-state index contributed by atoms with van der Waals surface area (Å²) in [5.74, 6) is 4.12. The van der Waals surface area contributed by atoms with Crippen LogP contribution in [0.5, 0.6) is 5.75 Å². The van der Waals surface area contributed by atoms with Crippen molar-refractivity contribution >= 4 is 5.96 Å².